The first-order valence-electron chi connectivity index (χ1n) is 10.0. The maximum Gasteiger partial charge on any atom is 0.244 e. The van der Waals surface area contributed by atoms with Gasteiger partial charge in [-0.2, -0.15) is 0 Å². The summed E-state index contributed by atoms with van der Waals surface area (Å²) >= 11 is 0. The van der Waals surface area contributed by atoms with Gasteiger partial charge in [0, 0.05) is 49.9 Å². The standard InChI is InChI=1S/C20H30FN5O/c1-13-3-4-16(21)15-12-17(23-19(13)15)20(27)24-18-11-14(5-6-22-18)26-9-7-25(2)8-10-26/h3-4,14,17-18,22-23H,5-12H2,1-2H3,(H,24,27). The number of carbonyl (C=O) groups is 1. The smallest absolute Gasteiger partial charge is 0.244 e. The molecule has 2 saturated heterocycles. The number of anilines is 1. The number of nitrogens with one attached hydrogen (secondary N) is 3. The van der Waals surface area contributed by atoms with E-state index in [2.05, 4.69) is 32.8 Å². The summed E-state index contributed by atoms with van der Waals surface area (Å²) < 4.78 is 14.1. The highest BCUT2D eigenvalue weighted by Gasteiger charge is 2.33. The second-order valence-corrected chi connectivity index (χ2v) is 8.15. The fraction of sp³-hybridized carbons (Fsp3) is 0.650. The van der Waals surface area contributed by atoms with Gasteiger partial charge in [0.25, 0.3) is 0 Å². The van der Waals surface area contributed by atoms with Crippen molar-refractivity contribution in [3.63, 3.8) is 0 Å². The third-order valence-electron chi connectivity index (χ3n) is 6.25. The van der Waals surface area contributed by atoms with E-state index < -0.39 is 6.04 Å². The number of benzene rings is 1. The molecular weight excluding hydrogens is 345 g/mol. The minimum absolute atomic E-state index is 0.0210. The minimum Gasteiger partial charge on any atom is -0.373 e. The second-order valence-electron chi connectivity index (χ2n) is 8.15. The Labute approximate surface area is 160 Å². The normalized spacial score (nSPS) is 29.2. The van der Waals surface area contributed by atoms with Gasteiger partial charge < -0.3 is 15.5 Å². The van der Waals surface area contributed by atoms with E-state index in [1.807, 2.05) is 6.92 Å². The number of fused-ring (bicyclic) bond motifs is 1. The average Bonchev–Trinajstić information content (AvgIpc) is 3.13. The Kier molecular flexibility index (Phi) is 5.34. The number of nitrogens with zero attached hydrogens (tertiary/aromatic N) is 2. The zero-order chi connectivity index (χ0) is 19.0. The number of likely N-dealkylation sites (N-methyl/N-ethyl adjacent to an activating group) is 1. The Morgan fingerprint density at radius 1 is 1.26 bits per heavy atom. The lowest BCUT2D eigenvalue weighted by atomic mass is 10.0. The predicted molar refractivity (Wildman–Crippen MR) is 104 cm³/mol. The van der Waals surface area contributed by atoms with Gasteiger partial charge >= 0.3 is 0 Å². The zero-order valence-electron chi connectivity index (χ0n) is 16.2. The summed E-state index contributed by atoms with van der Waals surface area (Å²) in [4.78, 5) is 17.7. The van der Waals surface area contributed by atoms with Crippen LogP contribution in [0.2, 0.25) is 0 Å². The maximum atomic E-state index is 14.1. The molecule has 1 amide bonds. The second kappa shape index (κ2) is 7.73. The largest absolute Gasteiger partial charge is 0.373 e. The van der Waals surface area contributed by atoms with Gasteiger partial charge in [-0.25, -0.2) is 4.39 Å². The first kappa shape index (κ1) is 18.7. The lowest BCUT2D eigenvalue weighted by Crippen LogP contribution is -2.59. The summed E-state index contributed by atoms with van der Waals surface area (Å²) in [6.45, 7) is 7.26. The monoisotopic (exact) mass is 375 g/mol. The van der Waals surface area contributed by atoms with Crippen LogP contribution in [0.5, 0.6) is 0 Å². The molecule has 3 heterocycles. The Morgan fingerprint density at radius 3 is 2.78 bits per heavy atom. The highest BCUT2D eigenvalue weighted by atomic mass is 19.1. The molecule has 3 atom stereocenters. The molecule has 7 heteroatoms. The van der Waals surface area contributed by atoms with Crippen molar-refractivity contribution in [3.8, 4) is 0 Å². The van der Waals surface area contributed by atoms with E-state index in [1.165, 1.54) is 6.07 Å². The van der Waals surface area contributed by atoms with Crippen LogP contribution >= 0.6 is 0 Å². The fourth-order valence-electron chi connectivity index (χ4n) is 4.53. The molecule has 3 unspecified atom stereocenters. The molecule has 4 rings (SSSR count). The van der Waals surface area contributed by atoms with Crippen molar-refractivity contribution in [1.82, 2.24) is 20.4 Å². The lowest BCUT2D eigenvalue weighted by Gasteiger charge is -2.42. The van der Waals surface area contributed by atoms with Crippen LogP contribution in [-0.4, -0.2) is 73.7 Å². The van der Waals surface area contributed by atoms with Crippen LogP contribution in [-0.2, 0) is 11.2 Å². The van der Waals surface area contributed by atoms with Gasteiger partial charge in [-0.15, -0.1) is 0 Å². The number of hydrogen-bond acceptors (Lipinski definition) is 5. The highest BCUT2D eigenvalue weighted by molar-refractivity contribution is 5.88. The molecule has 1 aromatic rings. The molecule has 3 aliphatic rings. The Hall–Kier alpha value is -1.70. The number of piperazine rings is 1. The molecular formula is C20H30FN5O. The van der Waals surface area contributed by atoms with Gasteiger partial charge in [-0.1, -0.05) is 6.07 Å². The van der Waals surface area contributed by atoms with E-state index in [1.54, 1.807) is 6.07 Å². The van der Waals surface area contributed by atoms with Crippen LogP contribution in [0.15, 0.2) is 12.1 Å². The maximum absolute atomic E-state index is 14.1. The molecule has 1 aromatic carbocycles. The van der Waals surface area contributed by atoms with E-state index in [0.29, 0.717) is 18.0 Å². The van der Waals surface area contributed by atoms with Gasteiger partial charge in [0.2, 0.25) is 5.91 Å². The lowest BCUT2D eigenvalue weighted by molar-refractivity contribution is -0.123. The molecule has 0 bridgehead atoms. The van der Waals surface area contributed by atoms with Crippen LogP contribution in [0.3, 0.4) is 0 Å². The highest BCUT2D eigenvalue weighted by Crippen LogP contribution is 2.31. The topological polar surface area (TPSA) is 59.6 Å². The van der Waals surface area contributed by atoms with Crippen molar-refractivity contribution < 1.29 is 9.18 Å². The third kappa shape index (κ3) is 3.95. The summed E-state index contributed by atoms with van der Waals surface area (Å²) in [7, 11) is 2.17. The van der Waals surface area contributed by atoms with E-state index in [4.69, 9.17) is 0 Å². The SMILES string of the molecule is Cc1ccc(F)c2c1NC(C(=O)NC1CC(N3CCN(C)CC3)CCN1)C2. The third-order valence-corrected chi connectivity index (χ3v) is 6.25. The van der Waals surface area contributed by atoms with Crippen molar-refractivity contribution in [2.24, 2.45) is 0 Å². The van der Waals surface area contributed by atoms with Crippen LogP contribution in [0.4, 0.5) is 10.1 Å². The molecule has 6 nitrogen and oxygen atoms in total. The average molecular weight is 375 g/mol. The Bertz CT molecular complexity index is 673. The van der Waals surface area contributed by atoms with E-state index in [0.717, 1.165) is 56.8 Å². The van der Waals surface area contributed by atoms with Gasteiger partial charge in [-0.3, -0.25) is 15.0 Å². The molecule has 3 aliphatic heterocycles. The summed E-state index contributed by atoms with van der Waals surface area (Å²) in [5.74, 6) is -0.286. The fourth-order valence-corrected chi connectivity index (χ4v) is 4.53. The summed E-state index contributed by atoms with van der Waals surface area (Å²) in [6.07, 6.45) is 2.42. The predicted octanol–water partition coefficient (Wildman–Crippen LogP) is 0.912. The van der Waals surface area contributed by atoms with Gasteiger partial charge in [-0.05, 0) is 45.0 Å². The molecule has 2 fully saturated rings. The number of piperidine rings is 1. The molecule has 0 saturated carbocycles. The first-order valence-corrected chi connectivity index (χ1v) is 10.0. The molecule has 0 aromatic heterocycles. The van der Waals surface area contributed by atoms with Gasteiger partial charge in [0.05, 0.1) is 6.17 Å². The van der Waals surface area contributed by atoms with Gasteiger partial charge in [0.1, 0.15) is 11.9 Å². The number of amides is 1. The van der Waals surface area contributed by atoms with Crippen LogP contribution < -0.4 is 16.0 Å². The van der Waals surface area contributed by atoms with Crippen molar-refractivity contribution in [1.29, 1.82) is 0 Å². The Balaban J connectivity index is 1.33. The molecule has 0 aliphatic carbocycles. The number of carbonyl (C=O) groups excluding carboxylic acids is 1. The Morgan fingerprint density at radius 2 is 2.04 bits per heavy atom. The molecule has 27 heavy (non-hydrogen) atoms. The first-order chi connectivity index (χ1) is 13.0. The van der Waals surface area contributed by atoms with E-state index in [9.17, 15) is 9.18 Å². The number of aryl methyl sites for hydroxylation is 1. The van der Waals surface area contributed by atoms with Crippen LogP contribution in [0.25, 0.3) is 0 Å². The van der Waals surface area contributed by atoms with E-state index >= 15 is 0 Å². The van der Waals surface area contributed by atoms with Gasteiger partial charge in [0.15, 0.2) is 0 Å². The summed E-state index contributed by atoms with van der Waals surface area (Å²) in [5, 5.41) is 9.78. The quantitative estimate of drug-likeness (QED) is 0.733. The zero-order valence-corrected chi connectivity index (χ0v) is 16.2. The molecule has 148 valence electrons. The molecule has 0 spiro atoms. The van der Waals surface area contributed by atoms with Crippen molar-refractivity contribution in [2.75, 3.05) is 45.1 Å². The van der Waals surface area contributed by atoms with Crippen LogP contribution in [0.1, 0.15) is 24.0 Å². The van der Waals surface area contributed by atoms with Crippen LogP contribution in [0, 0.1) is 12.7 Å². The van der Waals surface area contributed by atoms with Crippen molar-refractivity contribution in [2.45, 2.75) is 44.4 Å². The summed E-state index contributed by atoms with van der Waals surface area (Å²) in [5.41, 5.74) is 2.39. The minimum atomic E-state index is -0.401. The van der Waals surface area contributed by atoms with Crippen molar-refractivity contribution in [3.05, 3.63) is 29.1 Å². The number of rotatable bonds is 3. The number of halogens is 1. The van der Waals surface area contributed by atoms with Crippen molar-refractivity contribution >= 4 is 11.6 Å². The summed E-state index contributed by atoms with van der Waals surface area (Å²) in [6, 6.07) is 3.35. The molecule has 0 radical (unpaired) electrons. The molecule has 3 N–H and O–H groups in total. The number of hydrogen-bond donors (Lipinski definition) is 3. The van der Waals surface area contributed by atoms with E-state index in [-0.39, 0.29) is 17.9 Å².